The SMILES string of the molecule is CN1CCC[C@H](CCNC(=O)CC23C[C@H]4C[C@@H](CC(O)(C4)C2)C3)C1. The van der Waals surface area contributed by atoms with Gasteiger partial charge >= 0.3 is 0 Å². The fourth-order valence-corrected chi connectivity index (χ4v) is 6.94. The number of hydrogen-bond donors (Lipinski definition) is 2. The molecule has 4 nitrogen and oxygen atoms in total. The maximum atomic E-state index is 12.5. The highest BCUT2D eigenvalue weighted by Crippen LogP contribution is 2.62. The van der Waals surface area contributed by atoms with Gasteiger partial charge in [-0.25, -0.2) is 0 Å². The number of likely N-dealkylation sites (tertiary alicyclic amines) is 1. The molecular weight excluding hydrogens is 300 g/mol. The van der Waals surface area contributed by atoms with Crippen LogP contribution >= 0.6 is 0 Å². The summed E-state index contributed by atoms with van der Waals surface area (Å²) in [5.74, 6) is 2.30. The molecule has 1 saturated heterocycles. The van der Waals surface area contributed by atoms with Gasteiger partial charge in [0.25, 0.3) is 0 Å². The minimum atomic E-state index is -0.447. The van der Waals surface area contributed by atoms with Crippen LogP contribution in [0.3, 0.4) is 0 Å². The van der Waals surface area contributed by atoms with E-state index in [1.807, 2.05) is 0 Å². The lowest BCUT2D eigenvalue weighted by Crippen LogP contribution is -2.56. The second-order valence-corrected chi connectivity index (χ2v) is 9.77. The molecule has 2 N–H and O–H groups in total. The van der Waals surface area contributed by atoms with E-state index in [1.54, 1.807) is 0 Å². The van der Waals surface area contributed by atoms with E-state index in [-0.39, 0.29) is 11.3 Å². The Labute approximate surface area is 146 Å². The molecular formula is C20H34N2O2. The highest BCUT2D eigenvalue weighted by molar-refractivity contribution is 5.76. The zero-order chi connectivity index (χ0) is 16.8. The summed E-state index contributed by atoms with van der Waals surface area (Å²) in [7, 11) is 2.20. The lowest BCUT2D eigenvalue weighted by Gasteiger charge is -2.60. The predicted molar refractivity (Wildman–Crippen MR) is 94.5 cm³/mol. The Bertz CT molecular complexity index is 478. The second-order valence-electron chi connectivity index (χ2n) is 9.77. The van der Waals surface area contributed by atoms with Gasteiger partial charge in [-0.1, -0.05) is 0 Å². The number of carbonyl (C=O) groups is 1. The van der Waals surface area contributed by atoms with Crippen molar-refractivity contribution in [2.24, 2.45) is 23.2 Å². The summed E-state index contributed by atoms with van der Waals surface area (Å²) in [6.45, 7) is 3.22. The monoisotopic (exact) mass is 334 g/mol. The Morgan fingerprint density at radius 2 is 2.00 bits per heavy atom. The number of piperidine rings is 1. The average Bonchev–Trinajstić information content (AvgIpc) is 2.43. The third-order valence-electron chi connectivity index (χ3n) is 7.28. The van der Waals surface area contributed by atoms with Gasteiger partial charge < -0.3 is 15.3 Å². The molecule has 0 spiro atoms. The van der Waals surface area contributed by atoms with Gasteiger partial charge in [-0.15, -0.1) is 0 Å². The lowest BCUT2D eigenvalue weighted by molar-refractivity contribution is -0.169. The molecule has 1 amide bonds. The number of aliphatic hydroxyl groups is 1. The first-order valence-electron chi connectivity index (χ1n) is 10.1. The summed E-state index contributed by atoms with van der Waals surface area (Å²) in [6, 6.07) is 0. The van der Waals surface area contributed by atoms with E-state index < -0.39 is 5.60 Å². The van der Waals surface area contributed by atoms with Crippen molar-refractivity contribution in [3.63, 3.8) is 0 Å². The van der Waals surface area contributed by atoms with E-state index in [4.69, 9.17) is 0 Å². The second kappa shape index (κ2) is 6.28. The summed E-state index contributed by atoms with van der Waals surface area (Å²) in [6.07, 6.45) is 10.8. The van der Waals surface area contributed by atoms with Crippen LogP contribution < -0.4 is 5.32 Å². The van der Waals surface area contributed by atoms with E-state index in [2.05, 4.69) is 17.3 Å². The molecule has 4 heteroatoms. The van der Waals surface area contributed by atoms with Crippen molar-refractivity contribution in [2.45, 2.75) is 69.8 Å². The van der Waals surface area contributed by atoms with Gasteiger partial charge in [0.05, 0.1) is 5.60 Å². The van der Waals surface area contributed by atoms with Gasteiger partial charge in [-0.05, 0) is 94.5 Å². The van der Waals surface area contributed by atoms with E-state index in [9.17, 15) is 9.90 Å². The summed E-state index contributed by atoms with van der Waals surface area (Å²) >= 11 is 0. The molecule has 0 aromatic heterocycles. The third kappa shape index (κ3) is 3.50. The highest BCUT2D eigenvalue weighted by Gasteiger charge is 2.57. The number of hydrogen-bond acceptors (Lipinski definition) is 3. The zero-order valence-electron chi connectivity index (χ0n) is 15.2. The summed E-state index contributed by atoms with van der Waals surface area (Å²) in [5.41, 5.74) is -0.342. The van der Waals surface area contributed by atoms with Crippen molar-refractivity contribution in [3.8, 4) is 0 Å². The molecule has 5 fully saturated rings. The van der Waals surface area contributed by atoms with Crippen LogP contribution in [0.1, 0.15) is 64.2 Å². The van der Waals surface area contributed by atoms with E-state index in [0.29, 0.717) is 18.3 Å². The minimum Gasteiger partial charge on any atom is -0.390 e. The highest BCUT2D eigenvalue weighted by atomic mass is 16.3. The van der Waals surface area contributed by atoms with Gasteiger partial charge in [-0.3, -0.25) is 4.79 Å². The first-order valence-corrected chi connectivity index (χ1v) is 10.1. The number of nitrogens with zero attached hydrogens (tertiary/aromatic N) is 1. The van der Waals surface area contributed by atoms with Crippen molar-refractivity contribution in [1.82, 2.24) is 10.2 Å². The first-order chi connectivity index (χ1) is 11.4. The van der Waals surface area contributed by atoms with Crippen LogP contribution in [0.4, 0.5) is 0 Å². The molecule has 3 atom stereocenters. The molecule has 0 aromatic rings. The largest absolute Gasteiger partial charge is 0.390 e. The van der Waals surface area contributed by atoms with E-state index in [0.717, 1.165) is 38.1 Å². The third-order valence-corrected chi connectivity index (χ3v) is 7.28. The van der Waals surface area contributed by atoms with E-state index >= 15 is 0 Å². The zero-order valence-corrected chi connectivity index (χ0v) is 15.2. The molecule has 0 radical (unpaired) electrons. The maximum Gasteiger partial charge on any atom is 0.220 e. The molecule has 4 bridgehead atoms. The summed E-state index contributed by atoms with van der Waals surface area (Å²) in [4.78, 5) is 14.9. The molecule has 1 aliphatic heterocycles. The van der Waals surface area contributed by atoms with E-state index in [1.165, 1.54) is 45.2 Å². The standard InChI is InChI=1S/C20H34N2O2/c1-22-6-2-3-15(13-22)4-5-21-18(23)12-19-8-16-7-17(9-19)11-20(24,10-16)14-19/h15-17,24H,2-14H2,1H3,(H,21,23)/t15-,16-,17-,19?,20?/m1/s1. The molecule has 0 unspecified atom stereocenters. The Morgan fingerprint density at radius 1 is 1.25 bits per heavy atom. The van der Waals surface area contributed by atoms with Crippen LogP contribution in [0.2, 0.25) is 0 Å². The summed E-state index contributed by atoms with van der Waals surface area (Å²) < 4.78 is 0. The van der Waals surface area contributed by atoms with Crippen LogP contribution in [-0.4, -0.2) is 48.2 Å². The van der Waals surface area contributed by atoms with Crippen molar-refractivity contribution >= 4 is 5.91 Å². The van der Waals surface area contributed by atoms with Gasteiger partial charge in [0.1, 0.15) is 0 Å². The molecule has 24 heavy (non-hydrogen) atoms. The predicted octanol–water partition coefficient (Wildman–Crippen LogP) is 2.56. The van der Waals surface area contributed by atoms with Crippen molar-refractivity contribution in [1.29, 1.82) is 0 Å². The van der Waals surface area contributed by atoms with Crippen LogP contribution in [-0.2, 0) is 4.79 Å². The normalized spacial score (nSPS) is 44.7. The maximum absolute atomic E-state index is 12.5. The number of rotatable bonds is 5. The van der Waals surface area contributed by atoms with Gasteiger partial charge in [0.15, 0.2) is 0 Å². The Hall–Kier alpha value is -0.610. The molecule has 0 aromatic carbocycles. The van der Waals surface area contributed by atoms with Crippen LogP contribution in [0.15, 0.2) is 0 Å². The molecule has 5 aliphatic rings. The Balaban J connectivity index is 1.26. The number of amides is 1. The van der Waals surface area contributed by atoms with Crippen LogP contribution in [0.25, 0.3) is 0 Å². The number of nitrogens with one attached hydrogen (secondary N) is 1. The Morgan fingerprint density at radius 3 is 2.67 bits per heavy atom. The smallest absolute Gasteiger partial charge is 0.220 e. The summed E-state index contributed by atoms with van der Waals surface area (Å²) in [5, 5.41) is 14.0. The van der Waals surface area contributed by atoms with Crippen molar-refractivity contribution in [2.75, 3.05) is 26.7 Å². The lowest BCUT2D eigenvalue weighted by atomic mass is 9.47. The van der Waals surface area contributed by atoms with Crippen molar-refractivity contribution < 1.29 is 9.90 Å². The molecule has 1 heterocycles. The average molecular weight is 335 g/mol. The van der Waals surface area contributed by atoms with Gasteiger partial charge in [0.2, 0.25) is 5.91 Å². The minimum absolute atomic E-state index is 0.105. The molecule has 5 rings (SSSR count). The van der Waals surface area contributed by atoms with Gasteiger partial charge in [0, 0.05) is 19.5 Å². The quantitative estimate of drug-likeness (QED) is 0.812. The molecule has 136 valence electrons. The van der Waals surface area contributed by atoms with Crippen LogP contribution in [0, 0.1) is 23.2 Å². The molecule has 4 saturated carbocycles. The first kappa shape index (κ1) is 16.8. The van der Waals surface area contributed by atoms with Crippen molar-refractivity contribution in [3.05, 3.63) is 0 Å². The van der Waals surface area contributed by atoms with Crippen LogP contribution in [0.5, 0.6) is 0 Å². The number of carbonyl (C=O) groups excluding carboxylic acids is 1. The fourth-order valence-electron chi connectivity index (χ4n) is 6.94. The fraction of sp³-hybridized carbons (Fsp3) is 0.950. The van der Waals surface area contributed by atoms with Gasteiger partial charge in [-0.2, -0.15) is 0 Å². The topological polar surface area (TPSA) is 52.6 Å². The Kier molecular flexibility index (Phi) is 4.41. The molecule has 4 aliphatic carbocycles.